The van der Waals surface area contributed by atoms with Gasteiger partial charge in [0.2, 0.25) is 5.82 Å². The third-order valence-electron chi connectivity index (χ3n) is 3.66. The van der Waals surface area contributed by atoms with Crippen LogP contribution in [-0.2, 0) is 0 Å². The fraction of sp³-hybridized carbons (Fsp3) is 0.500. The first-order valence-electron chi connectivity index (χ1n) is 7.03. The summed E-state index contributed by atoms with van der Waals surface area (Å²) in [4.78, 5) is 12.0. The van der Waals surface area contributed by atoms with E-state index in [0.717, 1.165) is 10.8 Å². The van der Waals surface area contributed by atoms with Crippen molar-refractivity contribution in [3.8, 4) is 0 Å². The summed E-state index contributed by atoms with van der Waals surface area (Å²) in [6.45, 7) is 3.94. The maximum absolute atomic E-state index is 12.8. The first-order chi connectivity index (χ1) is 10.4. The van der Waals surface area contributed by atoms with Gasteiger partial charge in [-0.3, -0.25) is 9.20 Å². The number of halogens is 2. The monoisotopic (exact) mass is 312 g/mol. The molecular weight excluding hydrogens is 294 g/mol. The fourth-order valence-electron chi connectivity index (χ4n) is 1.96. The van der Waals surface area contributed by atoms with Crippen molar-refractivity contribution >= 4 is 11.6 Å². The smallest absolute Gasteiger partial charge is 0.297 e. The Hall–Kier alpha value is -2.09. The number of hydrogen-bond acceptors (Lipinski definition) is 4. The van der Waals surface area contributed by atoms with Crippen LogP contribution >= 0.6 is 0 Å². The highest BCUT2D eigenvalue weighted by molar-refractivity contribution is 5.94. The molecule has 2 aromatic rings. The van der Waals surface area contributed by atoms with Crippen LogP contribution in [0.15, 0.2) is 18.3 Å². The van der Waals surface area contributed by atoms with Gasteiger partial charge in [-0.2, -0.15) is 0 Å². The lowest BCUT2D eigenvalue weighted by molar-refractivity contribution is 0.0849. The number of aromatic nitrogens is 3. The van der Waals surface area contributed by atoms with Gasteiger partial charge in [0.25, 0.3) is 12.3 Å². The van der Waals surface area contributed by atoms with Crippen molar-refractivity contribution in [3.63, 3.8) is 0 Å². The number of nitrogens with zero attached hydrogens (tertiary/aromatic N) is 3. The first-order valence-corrected chi connectivity index (χ1v) is 7.03. The molecule has 120 valence electrons. The lowest BCUT2D eigenvalue weighted by Crippen LogP contribution is -2.35. The second kappa shape index (κ2) is 6.78. The quantitative estimate of drug-likeness (QED) is 0.852. The molecule has 0 bridgehead atoms. The summed E-state index contributed by atoms with van der Waals surface area (Å²) >= 11 is 0. The molecule has 2 heterocycles. The molecule has 2 atom stereocenters. The molecule has 8 heteroatoms. The number of aliphatic hydroxyl groups is 1. The van der Waals surface area contributed by atoms with Crippen molar-refractivity contribution in [2.24, 2.45) is 5.92 Å². The van der Waals surface area contributed by atoms with Crippen LogP contribution in [0.2, 0.25) is 0 Å². The van der Waals surface area contributed by atoms with Gasteiger partial charge in [-0.15, -0.1) is 10.2 Å². The average molecular weight is 312 g/mol. The van der Waals surface area contributed by atoms with E-state index in [0.29, 0.717) is 0 Å². The van der Waals surface area contributed by atoms with Crippen molar-refractivity contribution in [2.45, 2.75) is 32.8 Å². The van der Waals surface area contributed by atoms with Crippen LogP contribution < -0.4 is 5.32 Å². The minimum atomic E-state index is -2.78. The Bertz CT molecular complexity index is 659. The molecule has 0 fully saturated rings. The van der Waals surface area contributed by atoms with Gasteiger partial charge in [0.1, 0.15) is 0 Å². The Kier molecular flexibility index (Phi) is 5.02. The fourth-order valence-corrected chi connectivity index (χ4v) is 1.96. The second-order valence-electron chi connectivity index (χ2n) is 5.17. The topological polar surface area (TPSA) is 79.5 Å². The van der Waals surface area contributed by atoms with Gasteiger partial charge in [0.05, 0.1) is 11.7 Å². The van der Waals surface area contributed by atoms with Crippen LogP contribution in [0.25, 0.3) is 5.65 Å². The number of rotatable bonds is 6. The summed E-state index contributed by atoms with van der Waals surface area (Å²) in [5, 5.41) is 19.4. The summed E-state index contributed by atoms with van der Waals surface area (Å²) < 4.78 is 26.7. The summed E-state index contributed by atoms with van der Waals surface area (Å²) in [5.74, 6) is -0.895. The van der Waals surface area contributed by atoms with Gasteiger partial charge in [0, 0.05) is 12.7 Å². The van der Waals surface area contributed by atoms with Crippen molar-refractivity contribution in [1.29, 1.82) is 0 Å². The molecule has 22 heavy (non-hydrogen) atoms. The summed E-state index contributed by atoms with van der Waals surface area (Å²) in [6.07, 6.45) is -1.37. The largest absolute Gasteiger partial charge is 0.391 e. The highest BCUT2D eigenvalue weighted by Crippen LogP contribution is 2.18. The van der Waals surface area contributed by atoms with E-state index in [4.69, 9.17) is 0 Å². The molecule has 0 aromatic carbocycles. The molecule has 6 nitrogen and oxygen atoms in total. The molecule has 0 radical (unpaired) electrons. The van der Waals surface area contributed by atoms with Gasteiger partial charge in [-0.05, 0) is 18.1 Å². The van der Waals surface area contributed by atoms with Crippen LogP contribution in [-0.4, -0.2) is 38.3 Å². The average Bonchev–Trinajstić information content (AvgIpc) is 2.94. The first kappa shape index (κ1) is 16.3. The number of amides is 1. The van der Waals surface area contributed by atoms with Gasteiger partial charge in [-0.1, -0.05) is 20.3 Å². The summed E-state index contributed by atoms with van der Waals surface area (Å²) in [5.41, 5.74) is 0.442. The SMILES string of the molecule is CCC(C)C(O)CNC(=O)c1ccc2nnc(C(F)F)n2c1. The second-order valence-corrected chi connectivity index (χ2v) is 5.17. The standard InChI is InChI=1S/C14H18F2N4O2/c1-3-8(2)10(21)6-17-14(22)9-4-5-11-18-19-13(12(15)16)20(11)7-9/h4-5,7-8,10,12,21H,3,6H2,1-2H3,(H,17,22). The van der Waals surface area contributed by atoms with E-state index in [9.17, 15) is 18.7 Å². The minimum absolute atomic E-state index is 0.0612. The molecule has 2 rings (SSSR count). The number of fused-ring (bicyclic) bond motifs is 1. The zero-order valence-corrected chi connectivity index (χ0v) is 12.3. The number of carbonyl (C=O) groups excluding carboxylic acids is 1. The van der Waals surface area contributed by atoms with Crippen molar-refractivity contribution in [2.75, 3.05) is 6.54 Å². The maximum atomic E-state index is 12.8. The minimum Gasteiger partial charge on any atom is -0.391 e. The number of pyridine rings is 1. The molecule has 0 saturated carbocycles. The Morgan fingerprint density at radius 2 is 2.14 bits per heavy atom. The summed E-state index contributed by atoms with van der Waals surface area (Å²) in [7, 11) is 0. The predicted octanol–water partition coefficient (Wildman–Crippen LogP) is 1.80. The molecular formula is C14H18F2N4O2. The molecule has 2 aromatic heterocycles. The molecule has 0 aliphatic rings. The Balaban J connectivity index is 2.13. The van der Waals surface area contributed by atoms with E-state index in [2.05, 4.69) is 15.5 Å². The van der Waals surface area contributed by atoms with E-state index < -0.39 is 24.3 Å². The summed E-state index contributed by atoms with van der Waals surface area (Å²) in [6, 6.07) is 2.92. The van der Waals surface area contributed by atoms with E-state index in [1.165, 1.54) is 18.3 Å². The van der Waals surface area contributed by atoms with Gasteiger partial charge < -0.3 is 10.4 Å². The van der Waals surface area contributed by atoms with Crippen LogP contribution in [0, 0.1) is 5.92 Å². The van der Waals surface area contributed by atoms with E-state index in [1.807, 2.05) is 13.8 Å². The number of hydrogen-bond donors (Lipinski definition) is 2. The molecule has 0 aliphatic carbocycles. The highest BCUT2D eigenvalue weighted by Gasteiger charge is 2.18. The number of aliphatic hydroxyl groups excluding tert-OH is 1. The molecule has 2 N–H and O–H groups in total. The van der Waals surface area contributed by atoms with Gasteiger partial charge in [0.15, 0.2) is 5.65 Å². The van der Waals surface area contributed by atoms with E-state index in [1.54, 1.807) is 0 Å². The van der Waals surface area contributed by atoms with Crippen LogP contribution in [0.4, 0.5) is 8.78 Å². The Morgan fingerprint density at radius 3 is 2.77 bits per heavy atom. The molecule has 1 amide bonds. The lowest BCUT2D eigenvalue weighted by Gasteiger charge is -2.17. The Labute approximate surface area is 126 Å². The lowest BCUT2D eigenvalue weighted by atomic mass is 10.0. The Morgan fingerprint density at radius 1 is 1.41 bits per heavy atom. The zero-order valence-electron chi connectivity index (χ0n) is 12.3. The van der Waals surface area contributed by atoms with E-state index >= 15 is 0 Å². The molecule has 0 saturated heterocycles. The highest BCUT2D eigenvalue weighted by atomic mass is 19.3. The van der Waals surface area contributed by atoms with E-state index in [-0.39, 0.29) is 23.7 Å². The molecule has 2 unspecified atom stereocenters. The van der Waals surface area contributed by atoms with Crippen molar-refractivity contribution in [1.82, 2.24) is 19.9 Å². The van der Waals surface area contributed by atoms with Crippen LogP contribution in [0.1, 0.15) is 42.9 Å². The normalized spacial score (nSPS) is 14.3. The van der Waals surface area contributed by atoms with Crippen LogP contribution in [0.5, 0.6) is 0 Å². The molecule has 0 spiro atoms. The van der Waals surface area contributed by atoms with Gasteiger partial charge in [-0.25, -0.2) is 8.78 Å². The predicted molar refractivity (Wildman–Crippen MR) is 75.7 cm³/mol. The van der Waals surface area contributed by atoms with Crippen molar-refractivity contribution < 1.29 is 18.7 Å². The van der Waals surface area contributed by atoms with Crippen LogP contribution in [0.3, 0.4) is 0 Å². The maximum Gasteiger partial charge on any atom is 0.297 e. The zero-order chi connectivity index (χ0) is 16.3. The third kappa shape index (κ3) is 3.38. The third-order valence-corrected chi connectivity index (χ3v) is 3.66. The van der Waals surface area contributed by atoms with Gasteiger partial charge >= 0.3 is 0 Å². The molecule has 0 aliphatic heterocycles. The number of carbonyl (C=O) groups is 1. The van der Waals surface area contributed by atoms with Crippen molar-refractivity contribution in [3.05, 3.63) is 29.7 Å². The number of alkyl halides is 2. The number of nitrogens with one attached hydrogen (secondary N) is 1.